The van der Waals surface area contributed by atoms with Gasteiger partial charge in [0.15, 0.2) is 0 Å². The van der Waals surface area contributed by atoms with Gasteiger partial charge in [-0.15, -0.1) is 0 Å². The Kier molecular flexibility index (Phi) is 6.40. The average Bonchev–Trinajstić information content (AvgIpc) is 2.39. The van der Waals surface area contributed by atoms with Crippen molar-refractivity contribution < 1.29 is 8.42 Å². The van der Waals surface area contributed by atoms with Gasteiger partial charge in [0.05, 0.1) is 4.90 Å². The van der Waals surface area contributed by atoms with Crippen molar-refractivity contribution in [2.24, 2.45) is 11.7 Å². The third-order valence-corrected chi connectivity index (χ3v) is 6.60. The predicted molar refractivity (Wildman–Crippen MR) is 90.6 cm³/mol. The summed E-state index contributed by atoms with van der Waals surface area (Å²) in [5.74, 6) is 0.445. The van der Waals surface area contributed by atoms with E-state index in [4.69, 9.17) is 5.73 Å². The van der Waals surface area contributed by atoms with E-state index in [1.807, 2.05) is 13.0 Å². The zero-order chi connectivity index (χ0) is 16.4. The molecule has 0 aliphatic heterocycles. The van der Waals surface area contributed by atoms with Crippen LogP contribution in [0.4, 0.5) is 0 Å². The largest absolute Gasteiger partial charge is 0.326 e. The molecule has 1 unspecified atom stereocenters. The van der Waals surface area contributed by atoms with Gasteiger partial charge in [-0.05, 0) is 49.4 Å². The summed E-state index contributed by atoms with van der Waals surface area (Å²) in [6.45, 7) is 8.24. The molecule has 1 aromatic rings. The quantitative estimate of drug-likeness (QED) is 0.828. The van der Waals surface area contributed by atoms with Crippen LogP contribution in [-0.4, -0.2) is 25.8 Å². The monoisotopic (exact) mass is 376 g/mol. The Morgan fingerprint density at radius 2 is 1.86 bits per heavy atom. The topological polar surface area (TPSA) is 63.4 Å². The molecule has 21 heavy (non-hydrogen) atoms. The Hall–Kier alpha value is -0.430. The molecule has 0 spiro atoms. The summed E-state index contributed by atoms with van der Waals surface area (Å²) in [6, 6.07) is 3.50. The summed E-state index contributed by atoms with van der Waals surface area (Å²) in [4.78, 5) is 0.329. The van der Waals surface area contributed by atoms with E-state index in [1.165, 1.54) is 4.31 Å². The highest BCUT2D eigenvalue weighted by molar-refractivity contribution is 9.10. The molecule has 2 N–H and O–H groups in total. The Bertz CT molecular complexity index is 600. The van der Waals surface area contributed by atoms with Gasteiger partial charge in [-0.25, -0.2) is 8.42 Å². The predicted octanol–water partition coefficient (Wildman–Crippen LogP) is 3.27. The molecule has 1 aromatic carbocycles. The minimum Gasteiger partial charge on any atom is -0.326 e. The Morgan fingerprint density at radius 1 is 1.29 bits per heavy atom. The molecule has 6 heteroatoms. The zero-order valence-corrected chi connectivity index (χ0v) is 15.8. The summed E-state index contributed by atoms with van der Waals surface area (Å²) < 4.78 is 28.0. The highest BCUT2D eigenvalue weighted by Gasteiger charge is 2.28. The van der Waals surface area contributed by atoms with Crippen molar-refractivity contribution in [3.63, 3.8) is 0 Å². The van der Waals surface area contributed by atoms with Gasteiger partial charge in [0, 0.05) is 24.1 Å². The first-order chi connectivity index (χ1) is 9.61. The second kappa shape index (κ2) is 7.22. The average molecular weight is 377 g/mol. The molecule has 0 fully saturated rings. The molecule has 1 rings (SSSR count). The highest BCUT2D eigenvalue weighted by Crippen LogP contribution is 2.29. The first kappa shape index (κ1) is 18.6. The van der Waals surface area contributed by atoms with E-state index >= 15 is 0 Å². The van der Waals surface area contributed by atoms with Crippen LogP contribution >= 0.6 is 15.9 Å². The third kappa shape index (κ3) is 4.28. The van der Waals surface area contributed by atoms with Crippen LogP contribution in [-0.2, 0) is 16.6 Å². The van der Waals surface area contributed by atoms with Crippen molar-refractivity contribution in [2.45, 2.75) is 51.6 Å². The SMILES string of the molecule is Cc1c(Br)cc(CN)cc1S(=O)(=O)N(C)C(C)CC(C)C. The van der Waals surface area contributed by atoms with Crippen LogP contribution in [0.5, 0.6) is 0 Å². The van der Waals surface area contributed by atoms with Crippen LogP contribution in [0.15, 0.2) is 21.5 Å². The van der Waals surface area contributed by atoms with Gasteiger partial charge in [-0.1, -0.05) is 29.8 Å². The van der Waals surface area contributed by atoms with Crippen LogP contribution in [0, 0.1) is 12.8 Å². The van der Waals surface area contributed by atoms with E-state index in [0.717, 1.165) is 22.0 Å². The van der Waals surface area contributed by atoms with E-state index in [1.54, 1.807) is 20.0 Å². The lowest BCUT2D eigenvalue weighted by atomic mass is 10.1. The molecule has 0 radical (unpaired) electrons. The number of nitrogens with zero attached hydrogens (tertiary/aromatic N) is 1. The lowest BCUT2D eigenvalue weighted by Crippen LogP contribution is -2.36. The van der Waals surface area contributed by atoms with Crippen molar-refractivity contribution in [3.8, 4) is 0 Å². The van der Waals surface area contributed by atoms with Gasteiger partial charge in [-0.3, -0.25) is 0 Å². The van der Waals surface area contributed by atoms with Gasteiger partial charge in [0.1, 0.15) is 0 Å². The maximum Gasteiger partial charge on any atom is 0.243 e. The number of hydrogen-bond donors (Lipinski definition) is 1. The van der Waals surface area contributed by atoms with Crippen LogP contribution in [0.3, 0.4) is 0 Å². The summed E-state index contributed by atoms with van der Waals surface area (Å²) in [5.41, 5.74) is 7.17. The molecule has 0 aliphatic carbocycles. The maximum atomic E-state index is 12.9. The van der Waals surface area contributed by atoms with E-state index in [-0.39, 0.29) is 6.04 Å². The number of sulfonamides is 1. The summed E-state index contributed by atoms with van der Waals surface area (Å²) >= 11 is 3.42. The molecule has 120 valence electrons. The van der Waals surface area contributed by atoms with Crippen LogP contribution in [0.25, 0.3) is 0 Å². The highest BCUT2D eigenvalue weighted by atomic mass is 79.9. The normalized spacial score (nSPS) is 14.0. The molecular formula is C15H25BrN2O2S. The smallest absolute Gasteiger partial charge is 0.243 e. The van der Waals surface area contributed by atoms with Crippen molar-refractivity contribution >= 4 is 26.0 Å². The minimum atomic E-state index is -3.52. The number of rotatable bonds is 6. The fraction of sp³-hybridized carbons (Fsp3) is 0.600. The second-order valence-corrected chi connectivity index (χ2v) is 8.72. The first-order valence-corrected chi connectivity index (χ1v) is 9.31. The number of nitrogens with two attached hydrogens (primary N) is 1. The lowest BCUT2D eigenvalue weighted by molar-refractivity contribution is 0.337. The zero-order valence-electron chi connectivity index (χ0n) is 13.4. The summed E-state index contributed by atoms with van der Waals surface area (Å²) in [5, 5.41) is 0. The molecule has 0 heterocycles. The van der Waals surface area contributed by atoms with E-state index in [2.05, 4.69) is 29.8 Å². The second-order valence-electron chi connectivity index (χ2n) is 5.90. The minimum absolute atomic E-state index is 0.0466. The molecular weight excluding hydrogens is 352 g/mol. The lowest BCUT2D eigenvalue weighted by Gasteiger charge is -2.26. The summed E-state index contributed by atoms with van der Waals surface area (Å²) in [7, 11) is -1.88. The summed E-state index contributed by atoms with van der Waals surface area (Å²) in [6.07, 6.45) is 0.826. The van der Waals surface area contributed by atoms with Gasteiger partial charge in [0.25, 0.3) is 0 Å². The Morgan fingerprint density at radius 3 is 2.33 bits per heavy atom. The van der Waals surface area contributed by atoms with Crippen LogP contribution in [0.2, 0.25) is 0 Å². The maximum absolute atomic E-state index is 12.9. The van der Waals surface area contributed by atoms with E-state index in [0.29, 0.717) is 17.4 Å². The molecule has 4 nitrogen and oxygen atoms in total. The molecule has 0 saturated carbocycles. The van der Waals surface area contributed by atoms with Gasteiger partial charge in [-0.2, -0.15) is 4.31 Å². The van der Waals surface area contributed by atoms with Crippen molar-refractivity contribution in [1.29, 1.82) is 0 Å². The number of halogens is 1. The molecule has 0 amide bonds. The van der Waals surface area contributed by atoms with E-state index < -0.39 is 10.0 Å². The fourth-order valence-corrected chi connectivity index (χ4v) is 4.62. The van der Waals surface area contributed by atoms with Gasteiger partial charge >= 0.3 is 0 Å². The standard InChI is InChI=1S/C15H25BrN2O2S/c1-10(2)6-11(3)18(5)21(19,20)15-8-13(9-17)7-14(16)12(15)4/h7-8,10-11H,6,9,17H2,1-5H3. The third-order valence-electron chi connectivity index (χ3n) is 3.68. The van der Waals surface area contributed by atoms with Crippen molar-refractivity contribution in [1.82, 2.24) is 4.31 Å². The van der Waals surface area contributed by atoms with Crippen LogP contribution < -0.4 is 5.73 Å². The van der Waals surface area contributed by atoms with Gasteiger partial charge < -0.3 is 5.73 Å². The number of benzene rings is 1. The van der Waals surface area contributed by atoms with Crippen molar-refractivity contribution in [3.05, 3.63) is 27.7 Å². The molecule has 0 aromatic heterocycles. The molecule has 0 bridgehead atoms. The Labute approximate surface area is 136 Å². The van der Waals surface area contributed by atoms with Crippen molar-refractivity contribution in [2.75, 3.05) is 7.05 Å². The van der Waals surface area contributed by atoms with Crippen LogP contribution in [0.1, 0.15) is 38.3 Å². The Balaban J connectivity index is 3.27. The molecule has 0 aliphatic rings. The number of hydrogen-bond acceptors (Lipinski definition) is 3. The molecule has 1 atom stereocenters. The first-order valence-electron chi connectivity index (χ1n) is 7.08. The fourth-order valence-electron chi connectivity index (χ4n) is 2.32. The molecule has 0 saturated heterocycles. The van der Waals surface area contributed by atoms with E-state index in [9.17, 15) is 8.42 Å². The van der Waals surface area contributed by atoms with Gasteiger partial charge in [0.2, 0.25) is 10.0 Å².